The molecule has 1 aliphatic rings. The Morgan fingerprint density at radius 2 is 1.74 bits per heavy atom. The maximum absolute atomic E-state index is 12.0. The van der Waals surface area contributed by atoms with Crippen molar-refractivity contribution >= 4 is 12.1 Å². The summed E-state index contributed by atoms with van der Waals surface area (Å²) >= 11 is 0. The number of carbonyl (C=O) groups is 1. The predicted molar refractivity (Wildman–Crippen MR) is 112 cm³/mol. The standard InChI is InChI=1S/C20H41N5O2/c1-7-21-17(22-12-8-9-13-25-14-10-11-15-25)23-16-20(5,6)24-18(26)27-19(2,3)4/h7-16H2,1-6H3,(H,24,26)(H2,21,22,23). The molecular formula is C20H41N5O2. The fourth-order valence-electron chi connectivity index (χ4n) is 2.91. The fourth-order valence-corrected chi connectivity index (χ4v) is 2.91. The van der Waals surface area contributed by atoms with Crippen LogP contribution in [0.1, 0.15) is 67.2 Å². The molecule has 1 heterocycles. The highest BCUT2D eigenvalue weighted by atomic mass is 16.6. The average Bonchev–Trinajstić information content (AvgIpc) is 3.03. The minimum absolute atomic E-state index is 0.414. The second-order valence-electron chi connectivity index (χ2n) is 8.89. The number of carbonyl (C=O) groups excluding carboxylic acids is 1. The number of ether oxygens (including phenoxy) is 1. The summed E-state index contributed by atoms with van der Waals surface area (Å²) in [5.41, 5.74) is -0.991. The third-order valence-corrected chi connectivity index (χ3v) is 4.21. The Balaban J connectivity index is 2.35. The average molecular weight is 384 g/mol. The van der Waals surface area contributed by atoms with E-state index in [1.54, 1.807) is 0 Å². The number of nitrogens with one attached hydrogen (secondary N) is 3. The number of rotatable bonds is 9. The lowest BCUT2D eigenvalue weighted by atomic mass is 10.1. The summed E-state index contributed by atoms with van der Waals surface area (Å²) in [5, 5.41) is 9.54. The minimum atomic E-state index is -0.505. The third-order valence-electron chi connectivity index (χ3n) is 4.21. The molecule has 0 unspecified atom stereocenters. The van der Waals surface area contributed by atoms with Gasteiger partial charge >= 0.3 is 6.09 Å². The monoisotopic (exact) mass is 383 g/mol. The lowest BCUT2D eigenvalue weighted by Crippen LogP contribution is -2.49. The van der Waals surface area contributed by atoms with E-state index < -0.39 is 17.2 Å². The Bertz CT molecular complexity index is 465. The predicted octanol–water partition coefficient (Wildman–Crippen LogP) is 2.72. The van der Waals surface area contributed by atoms with Crippen molar-refractivity contribution in [2.24, 2.45) is 4.99 Å². The molecule has 1 saturated heterocycles. The van der Waals surface area contributed by atoms with Crippen LogP contribution in [0.5, 0.6) is 0 Å². The van der Waals surface area contributed by atoms with Crippen LogP contribution >= 0.6 is 0 Å². The first-order chi connectivity index (χ1) is 12.6. The third kappa shape index (κ3) is 11.7. The molecule has 0 atom stereocenters. The van der Waals surface area contributed by atoms with Gasteiger partial charge in [0.2, 0.25) is 0 Å². The van der Waals surface area contributed by atoms with Crippen molar-refractivity contribution < 1.29 is 9.53 Å². The van der Waals surface area contributed by atoms with Crippen LogP contribution < -0.4 is 16.0 Å². The van der Waals surface area contributed by atoms with Crippen molar-refractivity contribution in [3.63, 3.8) is 0 Å². The van der Waals surface area contributed by atoms with Gasteiger partial charge in [0.15, 0.2) is 5.96 Å². The summed E-state index contributed by atoms with van der Waals surface area (Å²) in [4.78, 5) is 19.1. The number of aliphatic imine (C=N–C) groups is 1. The molecule has 27 heavy (non-hydrogen) atoms. The van der Waals surface area contributed by atoms with Crippen LogP contribution in [0.4, 0.5) is 4.79 Å². The highest BCUT2D eigenvalue weighted by Gasteiger charge is 2.24. The quantitative estimate of drug-likeness (QED) is 0.324. The number of unbranched alkanes of at least 4 members (excludes halogenated alkanes) is 1. The zero-order valence-electron chi connectivity index (χ0n) is 18.3. The minimum Gasteiger partial charge on any atom is -0.444 e. The zero-order valence-corrected chi connectivity index (χ0v) is 18.3. The summed E-state index contributed by atoms with van der Waals surface area (Å²) in [5.74, 6) is 0.790. The van der Waals surface area contributed by atoms with E-state index in [1.165, 1.54) is 38.9 Å². The first-order valence-electron chi connectivity index (χ1n) is 10.4. The van der Waals surface area contributed by atoms with Crippen molar-refractivity contribution in [1.82, 2.24) is 20.9 Å². The maximum atomic E-state index is 12.0. The molecule has 1 rings (SSSR count). The van der Waals surface area contributed by atoms with E-state index in [2.05, 4.69) is 32.8 Å². The van der Waals surface area contributed by atoms with Crippen LogP contribution in [-0.4, -0.2) is 67.4 Å². The molecule has 0 aromatic carbocycles. The highest BCUT2D eigenvalue weighted by Crippen LogP contribution is 2.10. The molecule has 1 aliphatic heterocycles. The summed E-state index contributed by atoms with van der Waals surface area (Å²) in [6.07, 6.45) is 4.62. The van der Waals surface area contributed by atoms with Gasteiger partial charge in [-0.2, -0.15) is 0 Å². The van der Waals surface area contributed by atoms with Gasteiger partial charge in [-0.05, 0) is 86.9 Å². The van der Waals surface area contributed by atoms with Crippen molar-refractivity contribution in [2.45, 2.75) is 78.4 Å². The summed E-state index contributed by atoms with van der Waals surface area (Å²) in [6.45, 7) is 17.4. The van der Waals surface area contributed by atoms with Crippen LogP contribution in [0.15, 0.2) is 4.99 Å². The largest absolute Gasteiger partial charge is 0.444 e. The second kappa shape index (κ2) is 11.4. The Kier molecular flexibility index (Phi) is 9.91. The second-order valence-corrected chi connectivity index (χ2v) is 8.89. The number of alkyl carbamates (subject to hydrolysis) is 1. The van der Waals surface area contributed by atoms with Crippen LogP contribution in [0, 0.1) is 0 Å². The first-order valence-corrected chi connectivity index (χ1v) is 10.4. The van der Waals surface area contributed by atoms with Gasteiger partial charge in [-0.25, -0.2) is 4.79 Å². The van der Waals surface area contributed by atoms with Gasteiger partial charge in [0.1, 0.15) is 5.60 Å². The molecule has 158 valence electrons. The zero-order chi connectivity index (χ0) is 20.3. The number of nitrogens with zero attached hydrogens (tertiary/aromatic N) is 2. The maximum Gasteiger partial charge on any atom is 0.408 e. The number of hydrogen-bond donors (Lipinski definition) is 3. The lowest BCUT2D eigenvalue weighted by molar-refractivity contribution is 0.0476. The Morgan fingerprint density at radius 1 is 1.07 bits per heavy atom. The number of guanidine groups is 1. The van der Waals surface area contributed by atoms with Gasteiger partial charge < -0.3 is 25.6 Å². The Morgan fingerprint density at radius 3 is 2.33 bits per heavy atom. The van der Waals surface area contributed by atoms with Gasteiger partial charge in [0.25, 0.3) is 0 Å². The topological polar surface area (TPSA) is 78.0 Å². The van der Waals surface area contributed by atoms with Crippen LogP contribution in [0.3, 0.4) is 0 Å². The van der Waals surface area contributed by atoms with Crippen molar-refractivity contribution in [1.29, 1.82) is 0 Å². The normalized spacial score (nSPS) is 16.3. The molecule has 0 spiro atoms. The molecule has 0 saturated carbocycles. The summed E-state index contributed by atoms with van der Waals surface area (Å²) in [6, 6.07) is 0. The van der Waals surface area contributed by atoms with E-state index in [0.717, 1.165) is 25.5 Å². The van der Waals surface area contributed by atoms with E-state index in [9.17, 15) is 4.79 Å². The highest BCUT2D eigenvalue weighted by molar-refractivity contribution is 5.79. The first kappa shape index (κ1) is 23.5. The smallest absolute Gasteiger partial charge is 0.408 e. The van der Waals surface area contributed by atoms with Gasteiger partial charge in [-0.15, -0.1) is 0 Å². The van der Waals surface area contributed by atoms with Crippen molar-refractivity contribution in [3.8, 4) is 0 Å². The van der Waals surface area contributed by atoms with Crippen LogP contribution in [0.25, 0.3) is 0 Å². The number of hydrogen-bond acceptors (Lipinski definition) is 4. The lowest BCUT2D eigenvalue weighted by Gasteiger charge is -2.27. The SMILES string of the molecule is CCNC(=NCC(C)(C)NC(=O)OC(C)(C)C)NCCCCN1CCCC1. The number of likely N-dealkylation sites (tertiary alicyclic amines) is 1. The summed E-state index contributed by atoms with van der Waals surface area (Å²) in [7, 11) is 0. The van der Waals surface area contributed by atoms with Crippen LogP contribution in [0.2, 0.25) is 0 Å². The van der Waals surface area contributed by atoms with Crippen molar-refractivity contribution in [2.75, 3.05) is 39.3 Å². The molecule has 0 aromatic rings. The summed E-state index contributed by atoms with van der Waals surface area (Å²) < 4.78 is 5.33. The van der Waals surface area contributed by atoms with Gasteiger partial charge in [-0.3, -0.25) is 4.99 Å². The van der Waals surface area contributed by atoms with E-state index in [4.69, 9.17) is 4.74 Å². The molecule has 7 heteroatoms. The van der Waals surface area contributed by atoms with E-state index >= 15 is 0 Å². The molecule has 1 fully saturated rings. The van der Waals surface area contributed by atoms with Gasteiger partial charge in [0.05, 0.1) is 12.1 Å². The molecular weight excluding hydrogens is 342 g/mol. The van der Waals surface area contributed by atoms with Gasteiger partial charge in [0, 0.05) is 13.1 Å². The number of amides is 1. The molecule has 0 radical (unpaired) electrons. The molecule has 7 nitrogen and oxygen atoms in total. The molecule has 1 amide bonds. The van der Waals surface area contributed by atoms with E-state index in [1.807, 2.05) is 34.6 Å². The molecule has 0 bridgehead atoms. The molecule has 0 aliphatic carbocycles. The van der Waals surface area contributed by atoms with E-state index in [-0.39, 0.29) is 0 Å². The Labute approximate surface area is 165 Å². The van der Waals surface area contributed by atoms with Gasteiger partial charge in [-0.1, -0.05) is 0 Å². The molecule has 3 N–H and O–H groups in total. The van der Waals surface area contributed by atoms with E-state index in [0.29, 0.717) is 6.54 Å². The Hall–Kier alpha value is -1.50. The fraction of sp³-hybridized carbons (Fsp3) is 0.900. The van der Waals surface area contributed by atoms with Crippen molar-refractivity contribution in [3.05, 3.63) is 0 Å². The van der Waals surface area contributed by atoms with Crippen LogP contribution in [-0.2, 0) is 4.74 Å². The molecule has 0 aromatic heterocycles.